The Morgan fingerprint density at radius 3 is 2.50 bits per heavy atom. The number of benzene rings is 2. The molecule has 0 radical (unpaired) electrons. The molecule has 2 aromatic rings. The van der Waals surface area contributed by atoms with E-state index in [9.17, 15) is 13.6 Å². The Kier molecular flexibility index (Phi) is 6.74. The van der Waals surface area contributed by atoms with Crippen molar-refractivity contribution in [1.82, 2.24) is 0 Å². The Morgan fingerprint density at radius 2 is 1.81 bits per heavy atom. The third-order valence-corrected chi connectivity index (χ3v) is 6.09. The van der Waals surface area contributed by atoms with Gasteiger partial charge in [-0.25, -0.2) is 4.39 Å². The van der Waals surface area contributed by atoms with Crippen LogP contribution in [0.3, 0.4) is 0 Å². The van der Waals surface area contributed by atoms with Crippen LogP contribution in [0.5, 0.6) is 17.2 Å². The zero-order valence-corrected chi connectivity index (χ0v) is 18.3. The topological polar surface area (TPSA) is 44.8 Å². The molecule has 0 bridgehead atoms. The summed E-state index contributed by atoms with van der Waals surface area (Å²) >= 11 is 0. The van der Waals surface area contributed by atoms with E-state index in [0.717, 1.165) is 19.3 Å². The monoisotopic (exact) mass is 448 g/mol. The molecular formula is C25H27F3O4. The molecule has 1 fully saturated rings. The predicted molar refractivity (Wildman–Crippen MR) is 113 cm³/mol. The third kappa shape index (κ3) is 4.35. The largest absolute Gasteiger partial charge is 0.450 e. The second kappa shape index (κ2) is 9.53. The van der Waals surface area contributed by atoms with Gasteiger partial charge in [0.05, 0.1) is 18.6 Å². The summed E-state index contributed by atoms with van der Waals surface area (Å²) in [5.41, 5.74) is 1.22. The summed E-state index contributed by atoms with van der Waals surface area (Å²) in [5.74, 6) is -4.90. The summed E-state index contributed by atoms with van der Waals surface area (Å²) in [6, 6.07) is 4.52. The van der Waals surface area contributed by atoms with Crippen molar-refractivity contribution in [3.63, 3.8) is 0 Å². The fourth-order valence-corrected chi connectivity index (χ4v) is 4.36. The molecule has 32 heavy (non-hydrogen) atoms. The summed E-state index contributed by atoms with van der Waals surface area (Å²) in [4.78, 5) is 12.5. The van der Waals surface area contributed by atoms with Gasteiger partial charge in [-0.05, 0) is 43.4 Å². The van der Waals surface area contributed by atoms with E-state index in [2.05, 4.69) is 6.92 Å². The van der Waals surface area contributed by atoms with Crippen molar-refractivity contribution < 1.29 is 32.2 Å². The SMILES string of the molecule is CCCc1cc2c(c(F)c1F)Oc1c(ccc(OC(=O)C3CCC(CCC)OC3)c1F)C2. The zero-order valence-electron chi connectivity index (χ0n) is 18.3. The van der Waals surface area contributed by atoms with Crippen LogP contribution in [-0.4, -0.2) is 18.7 Å². The minimum absolute atomic E-state index is 0.145. The predicted octanol–water partition coefficient (Wildman–Crippen LogP) is 6.25. The van der Waals surface area contributed by atoms with E-state index in [1.54, 1.807) is 12.1 Å². The Balaban J connectivity index is 1.52. The number of fused-ring (bicyclic) bond motifs is 2. The highest BCUT2D eigenvalue weighted by Crippen LogP contribution is 2.43. The number of aryl methyl sites for hydroxylation is 1. The first-order chi connectivity index (χ1) is 15.4. The highest BCUT2D eigenvalue weighted by Gasteiger charge is 2.31. The molecule has 0 amide bonds. The zero-order chi connectivity index (χ0) is 22.8. The Bertz CT molecular complexity index is 1010. The van der Waals surface area contributed by atoms with Crippen molar-refractivity contribution in [3.8, 4) is 17.2 Å². The molecule has 2 aliphatic heterocycles. The smallest absolute Gasteiger partial charge is 0.316 e. The number of ether oxygens (including phenoxy) is 3. The minimum atomic E-state index is -1.13. The fraction of sp³-hybridized carbons (Fsp3) is 0.480. The van der Waals surface area contributed by atoms with Gasteiger partial charge in [0.2, 0.25) is 11.6 Å². The van der Waals surface area contributed by atoms with Crippen molar-refractivity contribution in [3.05, 3.63) is 52.3 Å². The first-order valence-electron chi connectivity index (χ1n) is 11.2. The van der Waals surface area contributed by atoms with Crippen LogP contribution in [0.2, 0.25) is 0 Å². The van der Waals surface area contributed by atoms with E-state index in [1.165, 1.54) is 6.07 Å². The Hall–Kier alpha value is -2.54. The van der Waals surface area contributed by atoms with Gasteiger partial charge in [0.15, 0.2) is 23.1 Å². The van der Waals surface area contributed by atoms with Gasteiger partial charge in [-0.2, -0.15) is 8.78 Å². The number of esters is 1. The highest BCUT2D eigenvalue weighted by molar-refractivity contribution is 5.75. The molecule has 1 saturated heterocycles. The molecule has 0 aromatic heterocycles. The molecule has 0 N–H and O–H groups in total. The van der Waals surface area contributed by atoms with Crippen molar-refractivity contribution in [2.75, 3.05) is 6.61 Å². The van der Waals surface area contributed by atoms with Crippen LogP contribution in [0.1, 0.15) is 62.6 Å². The quantitative estimate of drug-likeness (QED) is 0.330. The van der Waals surface area contributed by atoms with Crippen molar-refractivity contribution in [2.45, 2.75) is 64.9 Å². The van der Waals surface area contributed by atoms with E-state index in [0.29, 0.717) is 30.4 Å². The molecule has 2 aliphatic rings. The van der Waals surface area contributed by atoms with E-state index in [4.69, 9.17) is 14.2 Å². The molecule has 172 valence electrons. The molecule has 2 heterocycles. The van der Waals surface area contributed by atoms with E-state index in [1.807, 2.05) is 6.92 Å². The van der Waals surface area contributed by atoms with E-state index < -0.39 is 29.3 Å². The number of hydrogen-bond acceptors (Lipinski definition) is 4. The average Bonchev–Trinajstić information content (AvgIpc) is 2.79. The molecule has 0 spiro atoms. The van der Waals surface area contributed by atoms with Gasteiger partial charge in [0.1, 0.15) is 0 Å². The number of rotatable bonds is 6. The summed E-state index contributed by atoms with van der Waals surface area (Å²) < 4.78 is 60.5. The maximum absolute atomic E-state index is 15.1. The first kappa shape index (κ1) is 22.6. The molecule has 2 unspecified atom stereocenters. The normalized spacial score (nSPS) is 19.7. The molecular weight excluding hydrogens is 421 g/mol. The second-order valence-corrected chi connectivity index (χ2v) is 8.49. The van der Waals surface area contributed by atoms with Gasteiger partial charge in [-0.15, -0.1) is 0 Å². The molecule has 4 nitrogen and oxygen atoms in total. The molecule has 7 heteroatoms. The maximum atomic E-state index is 15.1. The molecule has 0 aliphatic carbocycles. The van der Waals surface area contributed by atoms with Crippen LogP contribution in [0.25, 0.3) is 0 Å². The lowest BCUT2D eigenvalue weighted by molar-refractivity contribution is -0.145. The van der Waals surface area contributed by atoms with E-state index in [-0.39, 0.29) is 41.9 Å². The van der Waals surface area contributed by atoms with Crippen LogP contribution >= 0.6 is 0 Å². The van der Waals surface area contributed by atoms with Gasteiger partial charge in [-0.3, -0.25) is 4.79 Å². The molecule has 2 atom stereocenters. The number of carbonyl (C=O) groups is 1. The Labute approximate surface area is 185 Å². The van der Waals surface area contributed by atoms with Crippen molar-refractivity contribution in [2.24, 2.45) is 5.92 Å². The lowest BCUT2D eigenvalue weighted by atomic mass is 9.96. The minimum Gasteiger partial charge on any atom is -0.450 e. The third-order valence-electron chi connectivity index (χ3n) is 6.09. The van der Waals surface area contributed by atoms with Gasteiger partial charge < -0.3 is 14.2 Å². The van der Waals surface area contributed by atoms with Gasteiger partial charge in [0.25, 0.3) is 0 Å². The lowest BCUT2D eigenvalue weighted by Gasteiger charge is -2.28. The number of hydrogen-bond donors (Lipinski definition) is 0. The van der Waals surface area contributed by atoms with Gasteiger partial charge in [0, 0.05) is 17.5 Å². The van der Waals surface area contributed by atoms with Gasteiger partial charge >= 0.3 is 5.97 Å². The van der Waals surface area contributed by atoms with Crippen LogP contribution in [0.15, 0.2) is 18.2 Å². The Morgan fingerprint density at radius 1 is 1.03 bits per heavy atom. The van der Waals surface area contributed by atoms with Crippen molar-refractivity contribution >= 4 is 5.97 Å². The van der Waals surface area contributed by atoms with Gasteiger partial charge in [-0.1, -0.05) is 32.8 Å². The van der Waals surface area contributed by atoms with Crippen LogP contribution in [0, 0.1) is 23.4 Å². The lowest BCUT2D eigenvalue weighted by Crippen LogP contribution is -2.33. The summed E-state index contributed by atoms with van der Waals surface area (Å²) in [6.45, 7) is 4.20. The summed E-state index contributed by atoms with van der Waals surface area (Å²) in [7, 11) is 0. The molecule has 4 rings (SSSR count). The van der Waals surface area contributed by atoms with Crippen LogP contribution in [0.4, 0.5) is 13.2 Å². The molecule has 2 aromatic carbocycles. The van der Waals surface area contributed by atoms with Crippen LogP contribution in [-0.2, 0) is 22.4 Å². The molecule has 0 saturated carbocycles. The summed E-state index contributed by atoms with van der Waals surface area (Å²) in [5, 5.41) is 0. The second-order valence-electron chi connectivity index (χ2n) is 8.49. The van der Waals surface area contributed by atoms with Crippen LogP contribution < -0.4 is 9.47 Å². The first-order valence-corrected chi connectivity index (χ1v) is 11.2. The average molecular weight is 448 g/mol. The fourth-order valence-electron chi connectivity index (χ4n) is 4.36. The maximum Gasteiger partial charge on any atom is 0.316 e. The van der Waals surface area contributed by atoms with Crippen molar-refractivity contribution in [1.29, 1.82) is 0 Å². The highest BCUT2D eigenvalue weighted by atomic mass is 19.2. The number of carbonyl (C=O) groups excluding carboxylic acids is 1. The standard InChI is InChI=1S/C25H27F3O4/c1-3-5-14-11-17-12-15-8-10-19(21(27)23(15)32-24(17)22(28)20(14)26)31-25(29)16-7-9-18(6-4-2)30-13-16/h8,10-11,16,18H,3-7,9,12-13H2,1-2H3. The summed E-state index contributed by atoms with van der Waals surface area (Å²) in [6.07, 6.45) is 4.72. The van der Waals surface area contributed by atoms with E-state index >= 15 is 4.39 Å². The number of halogens is 3.